The quantitative estimate of drug-likeness (QED) is 0.289. The van der Waals surface area contributed by atoms with Gasteiger partial charge in [0, 0.05) is 0 Å². The number of hydrogen-bond acceptors (Lipinski definition) is 5. The summed E-state index contributed by atoms with van der Waals surface area (Å²) in [5.41, 5.74) is 4.72. The lowest BCUT2D eigenvalue weighted by Crippen LogP contribution is -2.32. The van der Waals surface area contributed by atoms with E-state index in [1.807, 2.05) is 0 Å². The molecule has 0 radical (unpaired) electrons. The molecule has 0 fully saturated rings. The molecule has 0 atom stereocenters. The first-order valence-electron chi connectivity index (χ1n) is 2.23. The second kappa shape index (κ2) is 3.29. The lowest BCUT2D eigenvalue weighted by Gasteiger charge is -1.96. The molecule has 0 heterocycles. The molecule has 4 N–H and O–H groups in total. The smallest absolute Gasteiger partial charge is 0.255 e. The van der Waals surface area contributed by atoms with Crippen molar-refractivity contribution in [3.63, 3.8) is 0 Å². The van der Waals surface area contributed by atoms with Gasteiger partial charge in [-0.25, -0.2) is 0 Å². The summed E-state index contributed by atoms with van der Waals surface area (Å²) in [6.07, 6.45) is -2.22. The normalized spacial score (nSPS) is 9.78. The summed E-state index contributed by atoms with van der Waals surface area (Å²) in [7, 11) is 0. The number of hydrogen-bond donors (Lipinski definition) is 3. The maximum absolute atomic E-state index is 10.2. The average Bonchev–Trinajstić information content (AvgIpc) is 1.84. The van der Waals surface area contributed by atoms with Crippen LogP contribution >= 0.6 is 0 Å². The van der Waals surface area contributed by atoms with Crippen LogP contribution in [0.2, 0.25) is 0 Å². The second-order valence-electron chi connectivity index (χ2n) is 1.37. The van der Waals surface area contributed by atoms with Gasteiger partial charge in [0.25, 0.3) is 5.78 Å². The van der Waals surface area contributed by atoms with Crippen LogP contribution in [0.1, 0.15) is 0 Å². The number of aliphatic hydroxyl groups excluding tert-OH is 1. The first-order valence-corrected chi connectivity index (χ1v) is 2.23. The Morgan fingerprint density at radius 3 is 2.00 bits per heavy atom. The fraction of sp³-hybridized carbons (Fsp3) is 0.500. The van der Waals surface area contributed by atoms with Gasteiger partial charge in [-0.3, -0.25) is 9.59 Å². The van der Waals surface area contributed by atoms with E-state index in [4.69, 9.17) is 15.9 Å². The molecule has 0 spiro atoms. The Hall–Kier alpha value is -0.780. The van der Waals surface area contributed by atoms with Gasteiger partial charge in [0.05, 0.1) is 6.54 Å². The van der Waals surface area contributed by atoms with Gasteiger partial charge in [-0.2, -0.15) is 0 Å². The van der Waals surface area contributed by atoms with E-state index in [0.717, 1.165) is 0 Å². The molecule has 0 aromatic heterocycles. The lowest BCUT2D eigenvalue weighted by molar-refractivity contribution is -0.153. The molecule has 0 aliphatic heterocycles. The highest BCUT2D eigenvalue weighted by Gasteiger charge is 2.18. The molecule has 0 aromatic rings. The molecule has 5 nitrogen and oxygen atoms in total. The van der Waals surface area contributed by atoms with E-state index in [1.165, 1.54) is 0 Å². The van der Waals surface area contributed by atoms with Crippen LogP contribution in [0.3, 0.4) is 0 Å². The predicted molar refractivity (Wildman–Crippen MR) is 27.3 cm³/mol. The Balaban J connectivity index is 3.89. The van der Waals surface area contributed by atoms with E-state index in [2.05, 4.69) is 0 Å². The Morgan fingerprint density at radius 1 is 1.44 bits per heavy atom. The Bertz CT molecular complexity index is 131. The van der Waals surface area contributed by atoms with E-state index in [0.29, 0.717) is 0 Å². The third-order valence-corrected chi connectivity index (χ3v) is 0.695. The first kappa shape index (κ1) is 8.22. The molecule has 0 bridgehead atoms. The van der Waals surface area contributed by atoms with Gasteiger partial charge in [0.15, 0.2) is 0 Å². The highest BCUT2D eigenvalue weighted by Crippen LogP contribution is 1.79. The summed E-state index contributed by atoms with van der Waals surface area (Å²) < 4.78 is 0. The molecule has 0 aromatic carbocycles. The van der Waals surface area contributed by atoms with E-state index in [1.54, 1.807) is 0 Å². The summed E-state index contributed by atoms with van der Waals surface area (Å²) in [6, 6.07) is 0. The zero-order valence-electron chi connectivity index (χ0n) is 4.57. The van der Waals surface area contributed by atoms with Crippen molar-refractivity contribution in [1.29, 1.82) is 0 Å². The molecule has 0 saturated carbocycles. The van der Waals surface area contributed by atoms with Gasteiger partial charge in [0.2, 0.25) is 12.1 Å². The maximum Gasteiger partial charge on any atom is 0.255 e. The van der Waals surface area contributed by atoms with E-state index in [-0.39, 0.29) is 0 Å². The molecular weight excluding hydrogens is 126 g/mol. The van der Waals surface area contributed by atoms with Crippen LogP contribution in [0.4, 0.5) is 0 Å². The number of rotatable bonds is 3. The van der Waals surface area contributed by atoms with Crippen LogP contribution in [0, 0.1) is 0 Å². The third kappa shape index (κ3) is 2.31. The number of Topliss-reactive ketones (excluding diaryl/α,β-unsaturated/α-hetero) is 2. The van der Waals surface area contributed by atoms with E-state index < -0.39 is 24.4 Å². The molecule has 0 rings (SSSR count). The molecule has 52 valence electrons. The first-order chi connectivity index (χ1) is 4.09. The standard InChI is InChI=1S/C4H7NO4/c5-1-2(6)3(7)4(8)9/h4,8-9H,1,5H2. The highest BCUT2D eigenvalue weighted by atomic mass is 16.5. The zero-order valence-corrected chi connectivity index (χ0v) is 4.57. The largest absolute Gasteiger partial charge is 0.362 e. The topological polar surface area (TPSA) is 101 Å². The second-order valence-corrected chi connectivity index (χ2v) is 1.37. The zero-order chi connectivity index (χ0) is 7.44. The fourth-order valence-corrected chi connectivity index (χ4v) is 0.245. The maximum atomic E-state index is 10.2. The molecule has 9 heavy (non-hydrogen) atoms. The van der Waals surface area contributed by atoms with Crippen LogP contribution in [0.25, 0.3) is 0 Å². The van der Waals surface area contributed by atoms with Gasteiger partial charge in [-0.05, 0) is 0 Å². The van der Waals surface area contributed by atoms with Crippen molar-refractivity contribution in [2.75, 3.05) is 6.54 Å². The highest BCUT2D eigenvalue weighted by molar-refractivity contribution is 6.39. The molecule has 0 unspecified atom stereocenters. The Kier molecular flexibility index (Phi) is 3.00. The van der Waals surface area contributed by atoms with Crippen molar-refractivity contribution in [2.45, 2.75) is 6.29 Å². The van der Waals surface area contributed by atoms with Gasteiger partial charge in [-0.1, -0.05) is 0 Å². The van der Waals surface area contributed by atoms with Crippen molar-refractivity contribution in [3.8, 4) is 0 Å². The Morgan fingerprint density at radius 2 is 1.89 bits per heavy atom. The molecule has 0 amide bonds. The summed E-state index contributed by atoms with van der Waals surface area (Å²) in [6.45, 7) is -0.490. The average molecular weight is 133 g/mol. The number of nitrogens with two attached hydrogens (primary N) is 1. The molecule has 0 aliphatic rings. The van der Waals surface area contributed by atoms with Gasteiger partial charge >= 0.3 is 0 Å². The molecular formula is C4H7NO4. The van der Waals surface area contributed by atoms with Gasteiger partial charge in [-0.15, -0.1) is 0 Å². The summed E-state index contributed by atoms with van der Waals surface area (Å²) in [4.78, 5) is 20.3. The minimum atomic E-state index is -2.22. The van der Waals surface area contributed by atoms with Crippen LogP contribution < -0.4 is 5.73 Å². The minimum absolute atomic E-state index is 0.490. The van der Waals surface area contributed by atoms with Gasteiger partial charge < -0.3 is 15.9 Å². The van der Waals surface area contributed by atoms with Crippen molar-refractivity contribution in [3.05, 3.63) is 0 Å². The van der Waals surface area contributed by atoms with Gasteiger partial charge in [0.1, 0.15) is 0 Å². The Labute approximate surface area is 51.1 Å². The van der Waals surface area contributed by atoms with Crippen molar-refractivity contribution in [2.24, 2.45) is 5.73 Å². The van der Waals surface area contributed by atoms with Crippen molar-refractivity contribution < 1.29 is 19.8 Å². The number of carbonyl (C=O) groups excluding carboxylic acids is 2. The lowest BCUT2D eigenvalue weighted by atomic mass is 10.2. The number of aliphatic hydroxyl groups is 2. The summed E-state index contributed by atoms with van der Waals surface area (Å²) in [5.74, 6) is -2.25. The molecule has 0 saturated heterocycles. The van der Waals surface area contributed by atoms with Crippen LogP contribution in [0.15, 0.2) is 0 Å². The third-order valence-electron chi connectivity index (χ3n) is 0.695. The molecule has 5 heteroatoms. The number of ketones is 2. The SMILES string of the molecule is NCC(=O)C(=O)C(O)O. The molecule has 0 aliphatic carbocycles. The van der Waals surface area contributed by atoms with Crippen LogP contribution in [-0.2, 0) is 9.59 Å². The summed E-state index contributed by atoms with van der Waals surface area (Å²) >= 11 is 0. The van der Waals surface area contributed by atoms with E-state index >= 15 is 0 Å². The van der Waals surface area contributed by atoms with Crippen LogP contribution in [-0.4, -0.2) is 34.6 Å². The van der Waals surface area contributed by atoms with Crippen molar-refractivity contribution >= 4 is 11.6 Å². The van der Waals surface area contributed by atoms with Crippen LogP contribution in [0.5, 0.6) is 0 Å². The fourth-order valence-electron chi connectivity index (χ4n) is 0.245. The summed E-state index contributed by atoms with van der Waals surface area (Å²) in [5, 5.41) is 16.1. The predicted octanol–water partition coefficient (Wildman–Crippen LogP) is -2.61. The van der Waals surface area contributed by atoms with E-state index in [9.17, 15) is 9.59 Å². The number of carbonyl (C=O) groups is 2. The monoisotopic (exact) mass is 133 g/mol. The van der Waals surface area contributed by atoms with Crippen molar-refractivity contribution in [1.82, 2.24) is 0 Å². The minimum Gasteiger partial charge on any atom is -0.362 e.